The summed E-state index contributed by atoms with van der Waals surface area (Å²) < 4.78 is 5.43. The Labute approximate surface area is 356 Å². The number of hydrazine groups is 1. The number of nitrogens with two attached hydrogens (primary N) is 2. The summed E-state index contributed by atoms with van der Waals surface area (Å²) in [6, 6.07) is 41.4. The summed E-state index contributed by atoms with van der Waals surface area (Å²) >= 11 is 0. The van der Waals surface area contributed by atoms with E-state index in [9.17, 15) is 29.1 Å². The number of fused-ring (bicyclic) bond motifs is 16. The van der Waals surface area contributed by atoms with Gasteiger partial charge in [-0.15, -0.1) is 0 Å². The molecule has 5 aromatic rings. The van der Waals surface area contributed by atoms with Crippen molar-refractivity contribution in [2.45, 2.75) is 45.2 Å². The van der Waals surface area contributed by atoms with Crippen molar-refractivity contribution in [3.05, 3.63) is 168 Å². The lowest BCUT2D eigenvalue weighted by Gasteiger charge is -2.20. The first-order chi connectivity index (χ1) is 29.4. The number of carbonyl (C=O) groups is 5. The van der Waals surface area contributed by atoms with Gasteiger partial charge in [0.1, 0.15) is 17.8 Å². The number of anilines is 1. The first-order valence-electron chi connectivity index (χ1n) is 19.7. The fourth-order valence-electron chi connectivity index (χ4n) is 5.83. The van der Waals surface area contributed by atoms with Crippen LogP contribution in [0.4, 0.5) is 5.69 Å². The van der Waals surface area contributed by atoms with Gasteiger partial charge in [-0.05, 0) is 65.4 Å². The molecule has 0 aliphatic carbocycles. The van der Waals surface area contributed by atoms with Gasteiger partial charge < -0.3 is 36.8 Å². The smallest absolute Gasteiger partial charge is 0.326 e. The lowest BCUT2D eigenvalue weighted by molar-refractivity contribution is -0.141. The van der Waals surface area contributed by atoms with Crippen LogP contribution < -0.4 is 42.6 Å². The van der Waals surface area contributed by atoms with Crippen molar-refractivity contribution < 1.29 is 33.8 Å². The molecule has 2 heterocycles. The zero-order valence-corrected chi connectivity index (χ0v) is 34.3. The molecule has 5 aromatic carbocycles. The van der Waals surface area contributed by atoms with Gasteiger partial charge in [0.15, 0.2) is 6.61 Å². The van der Waals surface area contributed by atoms with Crippen molar-refractivity contribution in [1.82, 2.24) is 21.3 Å². The first kappa shape index (κ1) is 46.2. The predicted molar refractivity (Wildman–Crippen MR) is 236 cm³/mol. The van der Waals surface area contributed by atoms with Crippen molar-refractivity contribution in [1.29, 1.82) is 0 Å². The summed E-state index contributed by atoms with van der Waals surface area (Å²) in [5.41, 5.74) is 11.9. The zero-order chi connectivity index (χ0) is 44.0. The van der Waals surface area contributed by atoms with Gasteiger partial charge in [-0.25, -0.2) is 10.6 Å². The molecule has 0 spiro atoms. The van der Waals surface area contributed by atoms with Crippen molar-refractivity contribution in [3.63, 3.8) is 0 Å². The Kier molecular flexibility index (Phi) is 18.5. The highest BCUT2D eigenvalue weighted by atomic mass is 16.5. The van der Waals surface area contributed by atoms with E-state index in [2.05, 4.69) is 52.5 Å². The maximum atomic E-state index is 13.1. The van der Waals surface area contributed by atoms with Crippen LogP contribution in [0.2, 0.25) is 0 Å². The average molecular weight is 828 g/mol. The van der Waals surface area contributed by atoms with E-state index in [0.29, 0.717) is 17.0 Å². The number of benzene rings is 5. The Balaban J connectivity index is 0.000000332. The van der Waals surface area contributed by atoms with E-state index < -0.39 is 54.8 Å². The summed E-state index contributed by atoms with van der Waals surface area (Å²) in [4.78, 5) is 62.2. The van der Waals surface area contributed by atoms with Crippen LogP contribution in [0.25, 0.3) is 11.1 Å². The maximum Gasteiger partial charge on any atom is 0.326 e. The minimum atomic E-state index is -1.24. The highest BCUT2D eigenvalue weighted by molar-refractivity contribution is 5.93. The number of rotatable bonds is 7. The molecule has 14 heteroatoms. The third-order valence-corrected chi connectivity index (χ3v) is 9.04. The summed E-state index contributed by atoms with van der Waals surface area (Å²) in [5, 5.41) is 21.0. The summed E-state index contributed by atoms with van der Waals surface area (Å²) in [6.45, 7) is 2.72. The number of nitrogens with zero attached hydrogens (tertiary/aromatic N) is 1. The number of hydrogen-bond donors (Lipinski definition) is 7. The van der Waals surface area contributed by atoms with Crippen molar-refractivity contribution >= 4 is 35.3 Å². The quantitative estimate of drug-likeness (QED) is 0.0703. The third kappa shape index (κ3) is 16.7. The largest absolute Gasteiger partial charge is 0.484 e. The number of hydrogen-bond acceptors (Lipinski definition) is 9. The minimum absolute atomic E-state index is 0.00650. The maximum absolute atomic E-state index is 13.1. The first-order valence-corrected chi connectivity index (χ1v) is 19.7. The van der Waals surface area contributed by atoms with E-state index >= 15 is 0 Å². The van der Waals surface area contributed by atoms with Gasteiger partial charge in [0.2, 0.25) is 17.7 Å². The van der Waals surface area contributed by atoms with Crippen LogP contribution in [0.15, 0.2) is 151 Å². The fourth-order valence-corrected chi connectivity index (χ4v) is 5.83. The molecule has 14 nitrogen and oxygen atoms in total. The van der Waals surface area contributed by atoms with Gasteiger partial charge in [0.05, 0.1) is 18.8 Å². The molecule has 0 radical (unpaired) electrons. The molecule has 9 N–H and O–H groups in total. The molecule has 0 fully saturated rings. The van der Waals surface area contributed by atoms with Gasteiger partial charge in [0, 0.05) is 24.7 Å². The van der Waals surface area contributed by atoms with Crippen molar-refractivity contribution in [3.8, 4) is 16.9 Å². The number of ether oxygens (including phenoxy) is 1. The summed E-state index contributed by atoms with van der Waals surface area (Å²) in [7, 11) is 0. The molecule has 2 aliphatic rings. The number of nitrogens with one attached hydrogen (secondary N) is 4. The van der Waals surface area contributed by atoms with E-state index in [1.54, 1.807) is 37.4 Å². The topological polar surface area (TPSA) is 218 Å². The molecular formula is C47H53N7O7. The second-order valence-corrected chi connectivity index (χ2v) is 13.9. The van der Waals surface area contributed by atoms with E-state index in [0.717, 1.165) is 28.8 Å². The number of para-hydroxylation sites is 1. The van der Waals surface area contributed by atoms with Crippen LogP contribution in [-0.2, 0) is 43.2 Å². The third-order valence-electron chi connectivity index (χ3n) is 9.04. The summed E-state index contributed by atoms with van der Waals surface area (Å²) in [5.74, 6) is 2.31. The molecule has 318 valence electrons. The van der Waals surface area contributed by atoms with Crippen LogP contribution in [0.3, 0.4) is 0 Å². The van der Waals surface area contributed by atoms with E-state index in [1.807, 2.05) is 91.0 Å². The number of carboxylic acid groups (broad SMARTS) is 1. The normalized spacial score (nSPS) is 16.1. The highest BCUT2D eigenvalue weighted by Crippen LogP contribution is 2.20. The van der Waals surface area contributed by atoms with E-state index in [4.69, 9.17) is 16.3 Å². The molecule has 2 aliphatic heterocycles. The van der Waals surface area contributed by atoms with Gasteiger partial charge in [0.25, 0.3) is 5.91 Å². The zero-order valence-electron chi connectivity index (χ0n) is 34.3. The minimum Gasteiger partial charge on any atom is -0.484 e. The second kappa shape index (κ2) is 24.5. The average Bonchev–Trinajstić information content (AvgIpc) is 3.28. The molecule has 4 amide bonds. The monoisotopic (exact) mass is 827 g/mol. The Morgan fingerprint density at radius 3 is 1.85 bits per heavy atom. The molecule has 0 unspecified atom stereocenters. The Bertz CT molecular complexity index is 2180. The molecule has 2 bridgehead atoms. The van der Waals surface area contributed by atoms with Crippen molar-refractivity contribution in [2.24, 2.45) is 11.6 Å². The van der Waals surface area contributed by atoms with E-state index in [1.165, 1.54) is 10.6 Å². The molecule has 0 saturated heterocycles. The molecule has 0 aromatic heterocycles. The Morgan fingerprint density at radius 2 is 1.28 bits per heavy atom. The van der Waals surface area contributed by atoms with Gasteiger partial charge in [-0.1, -0.05) is 122 Å². The molecule has 2 atom stereocenters. The standard InChI is InChI=1S/C30H30N4O7.C9H13N3.C8H10/c35-26-16-31-28(37)18-41-23-12-8-20(9-13-23)15-25(30(39)40)34-27(36)17-32-29(38)24(33-26)14-19-6-10-22(11-7-19)21-4-2-1-3-5-21;1-8(10)7-12(11)9-5-3-2-4-6-9;1-2-8-6-4-3-5-7-8/h1-13,24-25H,14-18H2,(H,31,37)(H,32,38)(H,33,35)(H,34,36)(H,39,40);2-7H,10-11H2,1H3;3-7H,2H2,1H3/b;8-7-;/t24-,25+;;/m1../s1. The van der Waals surface area contributed by atoms with Crippen LogP contribution in [0.1, 0.15) is 30.5 Å². The number of aliphatic carboxylic acids is 1. The number of amides is 4. The summed E-state index contributed by atoms with van der Waals surface area (Å²) in [6.07, 6.45) is 2.92. The lowest BCUT2D eigenvalue weighted by atomic mass is 10.00. The van der Waals surface area contributed by atoms with Crippen molar-refractivity contribution in [2.75, 3.05) is 24.7 Å². The fraction of sp³-hybridized carbons (Fsp3) is 0.213. The lowest BCUT2D eigenvalue weighted by Crippen LogP contribution is -2.53. The van der Waals surface area contributed by atoms with E-state index in [-0.39, 0.29) is 19.4 Å². The van der Waals surface area contributed by atoms with Gasteiger partial charge >= 0.3 is 5.97 Å². The number of allylic oxidation sites excluding steroid dienone is 1. The van der Waals surface area contributed by atoms with Gasteiger partial charge in [-0.2, -0.15) is 0 Å². The number of aryl methyl sites for hydroxylation is 1. The predicted octanol–water partition coefficient (Wildman–Crippen LogP) is 4.25. The van der Waals surface area contributed by atoms with Crippen LogP contribution in [0.5, 0.6) is 5.75 Å². The van der Waals surface area contributed by atoms with Crippen LogP contribution >= 0.6 is 0 Å². The second-order valence-electron chi connectivity index (χ2n) is 13.9. The molecule has 0 saturated carbocycles. The Morgan fingerprint density at radius 1 is 0.721 bits per heavy atom. The molecule has 61 heavy (non-hydrogen) atoms. The van der Waals surface area contributed by atoms with Crippen LogP contribution in [0, 0.1) is 0 Å². The SMILES string of the molecule is C/C(N)=C/N(N)c1ccccc1.CCc1ccccc1.O=C1COc2ccc(cc2)C[C@@H](C(=O)O)NC(=O)CNC(=O)[C@@H](Cc2ccc(-c3ccccc3)cc2)NC(=O)CN1. The number of carbonyl (C=O) groups excluding carboxylic acids is 4. The highest BCUT2D eigenvalue weighted by Gasteiger charge is 2.25. The van der Waals surface area contributed by atoms with Crippen LogP contribution in [-0.4, -0.2) is 66.5 Å². The molecular weight excluding hydrogens is 775 g/mol. The molecule has 7 rings (SSSR count). The van der Waals surface area contributed by atoms with Gasteiger partial charge in [-0.3, -0.25) is 24.2 Å². The number of carboxylic acids is 1. The Hall–Kier alpha value is -7.45.